The van der Waals surface area contributed by atoms with Gasteiger partial charge in [0.2, 0.25) is 11.8 Å². The van der Waals surface area contributed by atoms with Crippen molar-refractivity contribution in [2.75, 3.05) is 18.9 Å². The number of carbonyl (C=O) groups is 3. The lowest BCUT2D eigenvalue weighted by Crippen LogP contribution is -2.51. The Hall–Kier alpha value is -3.66. The topological polar surface area (TPSA) is 74.1 Å². The van der Waals surface area contributed by atoms with E-state index in [1.165, 1.54) is 4.90 Å². The van der Waals surface area contributed by atoms with Crippen molar-refractivity contribution < 1.29 is 14.4 Å². The Morgan fingerprint density at radius 2 is 1.86 bits per heavy atom. The third-order valence-electron chi connectivity index (χ3n) is 7.20. The number of likely N-dealkylation sites (tertiary alicyclic amines) is 1. The highest BCUT2D eigenvalue weighted by Crippen LogP contribution is 2.47. The van der Waals surface area contributed by atoms with Crippen molar-refractivity contribution >= 4 is 23.4 Å². The van der Waals surface area contributed by atoms with Gasteiger partial charge < -0.3 is 10.2 Å². The zero-order chi connectivity index (χ0) is 25.2. The molecule has 0 bridgehead atoms. The summed E-state index contributed by atoms with van der Waals surface area (Å²) in [6, 6.07) is 16.6. The molecule has 1 N–H and O–H groups in total. The van der Waals surface area contributed by atoms with E-state index in [0.717, 1.165) is 16.8 Å². The second-order valence-electron chi connectivity index (χ2n) is 10.00. The molecule has 2 aliphatic rings. The van der Waals surface area contributed by atoms with Crippen LogP contribution in [0.25, 0.3) is 4.85 Å². The van der Waals surface area contributed by atoms with Crippen molar-refractivity contribution in [3.05, 3.63) is 77.1 Å². The highest BCUT2D eigenvalue weighted by Gasteiger charge is 2.59. The fourth-order valence-corrected chi connectivity index (χ4v) is 5.26. The standard InChI is InChI=1S/C28H32N4O3/c1-19(2)16-23(31(4)25(33)15-14-20-10-6-5-7-11-20)26(34)32-18-28(17-24(32)29-3)21-12-8-9-13-22(21)30-27(28)35/h5-13,19,23-24H,14-18H2,1-2,4H3,(H,30,35)/t23-,24-,28-/m0/s1. The normalized spacial score (nSPS) is 21.5. The van der Waals surface area contributed by atoms with Gasteiger partial charge in [-0.15, -0.1) is 0 Å². The van der Waals surface area contributed by atoms with Crippen LogP contribution in [0, 0.1) is 12.5 Å². The van der Waals surface area contributed by atoms with Gasteiger partial charge in [-0.1, -0.05) is 62.4 Å². The highest BCUT2D eigenvalue weighted by atomic mass is 16.2. The molecule has 0 unspecified atom stereocenters. The van der Waals surface area contributed by atoms with Crippen LogP contribution in [0.3, 0.4) is 0 Å². The molecular weight excluding hydrogens is 440 g/mol. The molecule has 0 radical (unpaired) electrons. The first-order chi connectivity index (χ1) is 16.8. The van der Waals surface area contributed by atoms with Crippen molar-refractivity contribution in [3.63, 3.8) is 0 Å². The van der Waals surface area contributed by atoms with Gasteiger partial charge in [0.15, 0.2) is 0 Å². The van der Waals surface area contributed by atoms with Crippen LogP contribution in [-0.2, 0) is 26.2 Å². The number of hydrogen-bond donors (Lipinski definition) is 1. The van der Waals surface area contributed by atoms with E-state index in [0.29, 0.717) is 19.3 Å². The molecule has 3 atom stereocenters. The summed E-state index contributed by atoms with van der Waals surface area (Å²) >= 11 is 0. The van der Waals surface area contributed by atoms with Crippen LogP contribution in [0.2, 0.25) is 0 Å². The van der Waals surface area contributed by atoms with Gasteiger partial charge in [0.25, 0.3) is 5.91 Å². The van der Waals surface area contributed by atoms with E-state index in [2.05, 4.69) is 10.2 Å². The van der Waals surface area contributed by atoms with E-state index in [1.807, 2.05) is 68.4 Å². The lowest BCUT2D eigenvalue weighted by Gasteiger charge is -2.32. The Morgan fingerprint density at radius 1 is 1.17 bits per heavy atom. The van der Waals surface area contributed by atoms with Crippen molar-refractivity contribution in [1.29, 1.82) is 0 Å². The Bertz CT molecular complexity index is 1160. The van der Waals surface area contributed by atoms with Crippen LogP contribution in [0.4, 0.5) is 5.69 Å². The zero-order valence-corrected chi connectivity index (χ0v) is 20.5. The molecule has 1 fully saturated rings. The Balaban J connectivity index is 1.56. The first-order valence-corrected chi connectivity index (χ1v) is 12.1. The van der Waals surface area contributed by atoms with Crippen molar-refractivity contribution in [2.45, 2.75) is 57.2 Å². The van der Waals surface area contributed by atoms with E-state index in [4.69, 9.17) is 6.57 Å². The molecule has 7 nitrogen and oxygen atoms in total. The third-order valence-corrected chi connectivity index (χ3v) is 7.20. The second-order valence-corrected chi connectivity index (χ2v) is 10.00. The minimum atomic E-state index is -0.931. The van der Waals surface area contributed by atoms with E-state index in [1.54, 1.807) is 11.9 Å². The molecule has 2 aliphatic heterocycles. The number of fused-ring (bicyclic) bond motifs is 2. The van der Waals surface area contributed by atoms with Gasteiger partial charge in [0, 0.05) is 25.7 Å². The summed E-state index contributed by atoms with van der Waals surface area (Å²) in [6.07, 6.45) is 0.895. The molecule has 2 heterocycles. The number of carbonyl (C=O) groups excluding carboxylic acids is 3. The molecule has 3 amide bonds. The van der Waals surface area contributed by atoms with Gasteiger partial charge in [-0.25, -0.2) is 6.57 Å². The number of nitrogens with one attached hydrogen (secondary N) is 1. The molecule has 182 valence electrons. The number of nitrogens with zero attached hydrogens (tertiary/aromatic N) is 3. The monoisotopic (exact) mass is 472 g/mol. The average molecular weight is 473 g/mol. The Kier molecular flexibility index (Phi) is 6.93. The second kappa shape index (κ2) is 9.91. The molecular formula is C28H32N4O3. The Morgan fingerprint density at radius 3 is 2.54 bits per heavy atom. The molecule has 2 aromatic rings. The van der Waals surface area contributed by atoms with Gasteiger partial charge in [-0.3, -0.25) is 24.1 Å². The van der Waals surface area contributed by atoms with Gasteiger partial charge in [0.1, 0.15) is 11.5 Å². The van der Waals surface area contributed by atoms with Crippen LogP contribution in [0.1, 0.15) is 44.2 Å². The number of likely N-dealkylation sites (N-methyl/N-ethyl adjacent to an activating group) is 1. The fourth-order valence-electron chi connectivity index (χ4n) is 5.26. The van der Waals surface area contributed by atoms with Gasteiger partial charge in [-0.2, -0.15) is 0 Å². The van der Waals surface area contributed by atoms with Crippen LogP contribution >= 0.6 is 0 Å². The van der Waals surface area contributed by atoms with E-state index in [9.17, 15) is 14.4 Å². The molecule has 7 heteroatoms. The maximum atomic E-state index is 13.9. The quantitative estimate of drug-likeness (QED) is 0.622. The van der Waals surface area contributed by atoms with Crippen LogP contribution < -0.4 is 5.32 Å². The summed E-state index contributed by atoms with van der Waals surface area (Å²) in [4.78, 5) is 46.9. The van der Waals surface area contributed by atoms with Crippen molar-refractivity contribution in [3.8, 4) is 0 Å². The van der Waals surface area contributed by atoms with Gasteiger partial charge in [0.05, 0.1) is 6.42 Å². The van der Waals surface area contributed by atoms with Crippen molar-refractivity contribution in [1.82, 2.24) is 9.80 Å². The summed E-state index contributed by atoms with van der Waals surface area (Å²) < 4.78 is 0. The third kappa shape index (κ3) is 4.66. The Labute approximate surface area is 206 Å². The molecule has 2 aromatic carbocycles. The molecule has 0 aromatic heterocycles. The molecule has 1 spiro atoms. The van der Waals surface area contributed by atoms with Crippen LogP contribution in [-0.4, -0.2) is 53.3 Å². The lowest BCUT2D eigenvalue weighted by atomic mass is 9.80. The minimum Gasteiger partial charge on any atom is -0.334 e. The number of amides is 3. The fraction of sp³-hybridized carbons (Fsp3) is 0.429. The largest absolute Gasteiger partial charge is 0.334 e. The predicted molar refractivity (Wildman–Crippen MR) is 134 cm³/mol. The van der Waals surface area contributed by atoms with E-state index >= 15 is 0 Å². The number of hydrogen-bond acceptors (Lipinski definition) is 3. The summed E-state index contributed by atoms with van der Waals surface area (Å²) in [5.41, 5.74) is 1.71. The predicted octanol–water partition coefficient (Wildman–Crippen LogP) is 3.86. The maximum Gasteiger partial charge on any atom is 0.302 e. The molecule has 0 aliphatic carbocycles. The average Bonchev–Trinajstić information content (AvgIpc) is 3.39. The maximum absolute atomic E-state index is 13.9. The lowest BCUT2D eigenvalue weighted by molar-refractivity contribution is -0.145. The smallest absolute Gasteiger partial charge is 0.302 e. The number of benzene rings is 2. The van der Waals surface area contributed by atoms with E-state index in [-0.39, 0.29) is 36.6 Å². The first-order valence-electron chi connectivity index (χ1n) is 12.1. The first kappa shape index (κ1) is 24.5. The summed E-state index contributed by atoms with van der Waals surface area (Å²) in [7, 11) is 1.68. The van der Waals surface area contributed by atoms with Crippen molar-refractivity contribution in [2.24, 2.45) is 5.92 Å². The summed E-state index contributed by atoms with van der Waals surface area (Å²) in [6.45, 7) is 11.9. The number of anilines is 1. The van der Waals surface area contributed by atoms with E-state index < -0.39 is 17.6 Å². The number of aryl methyl sites for hydroxylation is 1. The van der Waals surface area contributed by atoms with Crippen LogP contribution in [0.5, 0.6) is 0 Å². The van der Waals surface area contributed by atoms with Gasteiger partial charge >= 0.3 is 6.17 Å². The van der Waals surface area contributed by atoms with Crippen LogP contribution in [0.15, 0.2) is 54.6 Å². The number of para-hydroxylation sites is 1. The molecule has 0 saturated carbocycles. The zero-order valence-electron chi connectivity index (χ0n) is 20.5. The number of rotatable bonds is 7. The molecule has 4 rings (SSSR count). The minimum absolute atomic E-state index is 0.106. The highest BCUT2D eigenvalue weighted by molar-refractivity contribution is 6.07. The molecule has 1 saturated heterocycles. The summed E-state index contributed by atoms with van der Waals surface area (Å²) in [5, 5.41) is 2.92. The summed E-state index contributed by atoms with van der Waals surface area (Å²) in [5.74, 6) is -0.364. The molecule has 35 heavy (non-hydrogen) atoms. The SMILES string of the molecule is [C-]#[N+][C@@H]1C[C@@]2(CN1C(=O)[C@H](CC(C)C)N(C)C(=O)CCc1ccccc1)C(=O)Nc1ccccc12. The van der Waals surface area contributed by atoms with Gasteiger partial charge in [-0.05, 0) is 36.0 Å².